The van der Waals surface area contributed by atoms with E-state index < -0.39 is 41.7 Å². The smallest absolute Gasteiger partial charge is 0.408 e. The highest BCUT2D eigenvalue weighted by molar-refractivity contribution is 7.98. The number of hydrogen-bond donors (Lipinski definition) is 2. The van der Waals surface area contributed by atoms with Gasteiger partial charge in [0.1, 0.15) is 25.1 Å². The number of alkyl halides is 3. The highest BCUT2D eigenvalue weighted by atomic mass is 32.2. The number of thioether (sulfide) groups is 1. The van der Waals surface area contributed by atoms with Crippen molar-refractivity contribution in [3.05, 3.63) is 86.8 Å². The van der Waals surface area contributed by atoms with Crippen LogP contribution in [0.1, 0.15) is 52.6 Å². The monoisotopic (exact) mass is 531 g/mol. The lowest BCUT2D eigenvalue weighted by Gasteiger charge is -2.36. The van der Waals surface area contributed by atoms with E-state index in [4.69, 9.17) is 4.74 Å². The maximum atomic E-state index is 13.3. The Bertz CT molecular complexity index is 1440. The molecule has 0 radical (unpaired) electrons. The normalized spacial score (nSPS) is 17.7. The number of aromatic nitrogens is 1. The van der Waals surface area contributed by atoms with Gasteiger partial charge in [-0.25, -0.2) is 0 Å². The lowest BCUT2D eigenvalue weighted by atomic mass is 9.89. The van der Waals surface area contributed by atoms with Gasteiger partial charge in [-0.1, -0.05) is 37.3 Å². The maximum absolute atomic E-state index is 13.3. The summed E-state index contributed by atoms with van der Waals surface area (Å²) in [7, 11) is 0. The van der Waals surface area contributed by atoms with Crippen molar-refractivity contribution in [3.8, 4) is 11.5 Å². The summed E-state index contributed by atoms with van der Waals surface area (Å²) in [6.07, 6.45) is -4.67. The van der Waals surface area contributed by atoms with Gasteiger partial charge < -0.3 is 20.2 Å². The third-order valence-corrected chi connectivity index (χ3v) is 7.94. The number of halogens is 3. The SMILES string of the molecule is C[C@@H]1c2ccccc2SCc2cccc(OCc3cc(=O)c(O)c4n3NCN([C@H](C)C(F)(F)F)C4=O)c21. The highest BCUT2D eigenvalue weighted by Gasteiger charge is 2.45. The minimum atomic E-state index is -4.67. The van der Waals surface area contributed by atoms with Crippen molar-refractivity contribution < 1.29 is 27.8 Å². The predicted molar refractivity (Wildman–Crippen MR) is 133 cm³/mol. The summed E-state index contributed by atoms with van der Waals surface area (Å²) in [4.78, 5) is 27.1. The Morgan fingerprint density at radius 1 is 1.19 bits per heavy atom. The van der Waals surface area contributed by atoms with Gasteiger partial charge in [0, 0.05) is 28.2 Å². The number of hydrogen-bond acceptors (Lipinski definition) is 6. The van der Waals surface area contributed by atoms with Crippen LogP contribution in [0.4, 0.5) is 13.2 Å². The van der Waals surface area contributed by atoms with Gasteiger partial charge in [0.25, 0.3) is 5.91 Å². The van der Waals surface area contributed by atoms with Crippen LogP contribution in [0.5, 0.6) is 11.5 Å². The summed E-state index contributed by atoms with van der Waals surface area (Å²) in [5.41, 5.74) is 4.75. The fraction of sp³-hybridized carbons (Fsp3) is 0.308. The molecule has 2 aromatic carbocycles. The van der Waals surface area contributed by atoms with Crippen LogP contribution in [0.3, 0.4) is 0 Å². The molecular formula is C26H24F3N3O4S. The first-order valence-corrected chi connectivity index (χ1v) is 12.6. The third-order valence-electron chi connectivity index (χ3n) is 6.80. The molecule has 0 spiro atoms. The first-order chi connectivity index (χ1) is 17.6. The van der Waals surface area contributed by atoms with Gasteiger partial charge >= 0.3 is 6.18 Å². The van der Waals surface area contributed by atoms with Gasteiger partial charge in [-0.05, 0) is 30.2 Å². The average Bonchev–Trinajstić information content (AvgIpc) is 3.01. The van der Waals surface area contributed by atoms with Crippen LogP contribution in [0.15, 0.2) is 58.2 Å². The zero-order chi connectivity index (χ0) is 26.5. The summed E-state index contributed by atoms with van der Waals surface area (Å²) < 4.78 is 47.1. The van der Waals surface area contributed by atoms with E-state index in [1.807, 2.05) is 30.3 Å². The standard InChI is InChI=1S/C26H24F3N3O4S/c1-14-18-7-3-4-9-21(18)37-12-16-6-5-8-20(22(14)16)36-11-17-10-19(33)24(34)23-25(35)31(13-30-32(17)23)15(2)26(27,28)29/h3-10,14-15,30,34H,11-13H2,1-2H3/t14-,15-/m1/s1. The van der Waals surface area contributed by atoms with E-state index in [0.717, 1.165) is 34.5 Å². The summed E-state index contributed by atoms with van der Waals surface area (Å²) in [5.74, 6) is -0.629. The molecule has 2 atom stereocenters. The number of rotatable bonds is 4. The van der Waals surface area contributed by atoms with Crippen LogP contribution >= 0.6 is 11.8 Å². The number of carbonyl (C=O) groups is 1. The van der Waals surface area contributed by atoms with E-state index >= 15 is 0 Å². The van der Waals surface area contributed by atoms with E-state index in [0.29, 0.717) is 10.6 Å². The largest absolute Gasteiger partial charge is 0.502 e. The van der Waals surface area contributed by atoms with Crippen LogP contribution in [-0.4, -0.2) is 39.5 Å². The molecule has 194 valence electrons. The van der Waals surface area contributed by atoms with Crippen molar-refractivity contribution in [2.75, 3.05) is 12.1 Å². The Kier molecular flexibility index (Phi) is 6.35. The number of ether oxygens (including phenoxy) is 1. The topological polar surface area (TPSA) is 83.8 Å². The first kappa shape index (κ1) is 25.1. The second-order valence-corrected chi connectivity index (χ2v) is 10.0. The van der Waals surface area contributed by atoms with Gasteiger partial charge in [0.15, 0.2) is 11.4 Å². The molecule has 0 saturated carbocycles. The zero-order valence-corrected chi connectivity index (χ0v) is 20.8. The Labute approximate surface area is 214 Å². The minimum absolute atomic E-state index is 0.0333. The van der Waals surface area contributed by atoms with Crippen LogP contribution in [0.2, 0.25) is 0 Å². The number of pyridine rings is 1. The molecular weight excluding hydrogens is 507 g/mol. The maximum Gasteiger partial charge on any atom is 0.408 e. The highest BCUT2D eigenvalue weighted by Crippen LogP contribution is 2.44. The van der Waals surface area contributed by atoms with Crippen LogP contribution in [-0.2, 0) is 12.4 Å². The molecule has 11 heteroatoms. The second kappa shape index (κ2) is 9.37. The Balaban J connectivity index is 1.48. The fourth-order valence-corrected chi connectivity index (χ4v) is 5.89. The van der Waals surface area contributed by atoms with Crippen LogP contribution in [0, 0.1) is 0 Å². The second-order valence-electron chi connectivity index (χ2n) is 9.01. The Morgan fingerprint density at radius 3 is 2.70 bits per heavy atom. The quantitative estimate of drug-likeness (QED) is 0.504. The summed E-state index contributed by atoms with van der Waals surface area (Å²) in [6.45, 7) is 2.32. The van der Waals surface area contributed by atoms with Crippen molar-refractivity contribution in [1.82, 2.24) is 9.58 Å². The molecule has 0 fully saturated rings. The number of aromatic hydroxyl groups is 1. The van der Waals surface area contributed by atoms with Gasteiger partial charge in [-0.15, -0.1) is 11.8 Å². The zero-order valence-electron chi connectivity index (χ0n) is 20.0. The molecule has 2 aliphatic rings. The number of amides is 1. The minimum Gasteiger partial charge on any atom is -0.502 e. The first-order valence-electron chi connectivity index (χ1n) is 11.6. The van der Waals surface area contributed by atoms with E-state index in [9.17, 15) is 27.9 Å². The molecule has 3 heterocycles. The van der Waals surface area contributed by atoms with Crippen LogP contribution in [0.25, 0.3) is 0 Å². The molecule has 3 aromatic rings. The lowest BCUT2D eigenvalue weighted by Crippen LogP contribution is -2.55. The third kappa shape index (κ3) is 4.41. The molecule has 1 amide bonds. The van der Waals surface area contributed by atoms with Gasteiger partial charge in [0.05, 0.1) is 5.69 Å². The molecule has 2 aliphatic heterocycles. The molecule has 7 nitrogen and oxygen atoms in total. The fourth-order valence-electron chi connectivity index (χ4n) is 4.74. The van der Waals surface area contributed by atoms with E-state index in [-0.39, 0.29) is 18.2 Å². The Morgan fingerprint density at radius 2 is 1.95 bits per heavy atom. The van der Waals surface area contributed by atoms with Crippen molar-refractivity contribution in [1.29, 1.82) is 0 Å². The number of nitrogens with one attached hydrogen (secondary N) is 1. The predicted octanol–water partition coefficient (Wildman–Crippen LogP) is 4.80. The van der Waals surface area contributed by atoms with Crippen molar-refractivity contribution in [2.24, 2.45) is 0 Å². The number of carbonyl (C=O) groups excluding carboxylic acids is 1. The molecule has 0 bridgehead atoms. The molecule has 2 N–H and O–H groups in total. The summed E-state index contributed by atoms with van der Waals surface area (Å²) in [5, 5.41) is 10.3. The lowest BCUT2D eigenvalue weighted by molar-refractivity contribution is -0.172. The Hall–Kier alpha value is -3.60. The summed E-state index contributed by atoms with van der Waals surface area (Å²) in [6, 6.07) is 12.9. The number of fused-ring (bicyclic) bond motifs is 3. The van der Waals surface area contributed by atoms with Crippen molar-refractivity contribution >= 4 is 17.7 Å². The molecule has 0 aliphatic carbocycles. The van der Waals surface area contributed by atoms with Gasteiger partial charge in [-0.3, -0.25) is 14.3 Å². The average molecular weight is 532 g/mol. The molecule has 1 aromatic heterocycles. The van der Waals surface area contributed by atoms with Gasteiger partial charge in [-0.2, -0.15) is 13.2 Å². The number of nitrogens with zero attached hydrogens (tertiary/aromatic N) is 2. The molecule has 5 rings (SSSR count). The molecule has 0 saturated heterocycles. The van der Waals surface area contributed by atoms with Crippen molar-refractivity contribution in [2.45, 2.75) is 49.2 Å². The van der Waals surface area contributed by atoms with Crippen LogP contribution < -0.4 is 15.6 Å². The van der Waals surface area contributed by atoms with E-state index in [1.54, 1.807) is 11.8 Å². The number of benzene rings is 2. The molecule has 37 heavy (non-hydrogen) atoms. The van der Waals surface area contributed by atoms with E-state index in [1.165, 1.54) is 10.5 Å². The van der Waals surface area contributed by atoms with Crippen molar-refractivity contribution in [3.63, 3.8) is 0 Å². The van der Waals surface area contributed by atoms with E-state index in [2.05, 4.69) is 24.5 Å². The molecule has 0 unspecified atom stereocenters. The van der Waals surface area contributed by atoms with Gasteiger partial charge in [0.2, 0.25) is 5.43 Å². The summed E-state index contributed by atoms with van der Waals surface area (Å²) >= 11 is 1.74.